The highest BCUT2D eigenvalue weighted by Crippen LogP contribution is 2.16. The number of carbonyl (C=O) groups is 1. The fraction of sp³-hybridized carbons (Fsp3) is 0.438. The molecule has 0 saturated heterocycles. The van der Waals surface area contributed by atoms with Crippen molar-refractivity contribution in [1.82, 2.24) is 25.5 Å². The lowest BCUT2D eigenvalue weighted by atomic mass is 10.2. The van der Waals surface area contributed by atoms with E-state index in [2.05, 4.69) is 26.0 Å². The first-order valence-electron chi connectivity index (χ1n) is 8.18. The van der Waals surface area contributed by atoms with Crippen LogP contribution >= 0.6 is 12.2 Å². The van der Waals surface area contributed by atoms with Crippen molar-refractivity contribution in [2.45, 2.75) is 46.3 Å². The van der Waals surface area contributed by atoms with Gasteiger partial charge in [-0.2, -0.15) is 4.80 Å². The first kappa shape index (κ1) is 18.8. The van der Waals surface area contributed by atoms with Crippen LogP contribution in [-0.2, 0) is 6.54 Å². The molecule has 0 radical (unpaired) electrons. The molecule has 0 spiro atoms. The summed E-state index contributed by atoms with van der Waals surface area (Å²) in [5.41, 5.74) is 0.451. The van der Waals surface area contributed by atoms with Crippen molar-refractivity contribution < 1.29 is 9.53 Å². The molecule has 1 heterocycles. The van der Waals surface area contributed by atoms with E-state index in [1.165, 1.54) is 4.80 Å². The Morgan fingerprint density at radius 3 is 2.92 bits per heavy atom. The maximum Gasteiger partial charge on any atom is 0.269 e. The van der Waals surface area contributed by atoms with Crippen molar-refractivity contribution in [1.29, 1.82) is 0 Å². The Morgan fingerprint density at radius 1 is 1.40 bits per heavy atom. The normalized spacial score (nSPS) is 11.6. The molecule has 25 heavy (non-hydrogen) atoms. The number of tetrazole rings is 1. The highest BCUT2D eigenvalue weighted by atomic mass is 32.1. The van der Waals surface area contributed by atoms with Crippen LogP contribution in [0.25, 0.3) is 0 Å². The van der Waals surface area contributed by atoms with Gasteiger partial charge in [-0.3, -0.25) is 15.4 Å². The van der Waals surface area contributed by atoms with E-state index >= 15 is 0 Å². The molecule has 134 valence electrons. The van der Waals surface area contributed by atoms with E-state index in [0.29, 0.717) is 17.9 Å². The summed E-state index contributed by atoms with van der Waals surface area (Å²) in [5, 5.41) is 17.2. The summed E-state index contributed by atoms with van der Waals surface area (Å²) in [6, 6.07) is 6.95. The van der Waals surface area contributed by atoms with Crippen LogP contribution in [0, 0.1) is 0 Å². The van der Waals surface area contributed by atoms with Crippen molar-refractivity contribution in [2.24, 2.45) is 0 Å². The van der Waals surface area contributed by atoms with Crippen LogP contribution in [0.5, 0.6) is 5.75 Å². The van der Waals surface area contributed by atoms with E-state index in [-0.39, 0.29) is 23.1 Å². The fourth-order valence-corrected chi connectivity index (χ4v) is 2.11. The number of hydrogen-bond donors (Lipinski definition) is 2. The summed E-state index contributed by atoms with van der Waals surface area (Å²) in [7, 11) is 0. The van der Waals surface area contributed by atoms with Gasteiger partial charge in [0.1, 0.15) is 5.75 Å². The average Bonchev–Trinajstić information content (AvgIpc) is 3.02. The van der Waals surface area contributed by atoms with Gasteiger partial charge >= 0.3 is 0 Å². The van der Waals surface area contributed by atoms with Crippen molar-refractivity contribution in [3.63, 3.8) is 0 Å². The predicted octanol–water partition coefficient (Wildman–Crippen LogP) is 2.39. The Kier molecular flexibility index (Phi) is 6.81. The summed E-state index contributed by atoms with van der Waals surface area (Å²) in [6.45, 7) is 6.69. The first-order valence-corrected chi connectivity index (χ1v) is 8.59. The van der Waals surface area contributed by atoms with Gasteiger partial charge in [0.25, 0.3) is 11.9 Å². The molecule has 1 aromatic carbocycles. The van der Waals surface area contributed by atoms with Gasteiger partial charge in [0, 0.05) is 5.56 Å². The van der Waals surface area contributed by atoms with E-state index in [1.807, 2.05) is 26.8 Å². The zero-order valence-corrected chi connectivity index (χ0v) is 15.3. The lowest BCUT2D eigenvalue weighted by Gasteiger charge is -2.13. The summed E-state index contributed by atoms with van der Waals surface area (Å²) < 4.78 is 5.72. The molecule has 0 saturated carbocycles. The van der Waals surface area contributed by atoms with E-state index in [9.17, 15) is 4.79 Å². The molecule has 0 aliphatic rings. The van der Waals surface area contributed by atoms with Crippen LogP contribution in [0.4, 0.5) is 5.95 Å². The number of aryl methyl sites for hydroxylation is 1. The van der Waals surface area contributed by atoms with E-state index in [1.54, 1.807) is 18.2 Å². The van der Waals surface area contributed by atoms with Gasteiger partial charge in [0.2, 0.25) is 0 Å². The molecule has 1 aromatic heterocycles. The van der Waals surface area contributed by atoms with Crippen molar-refractivity contribution in [3.8, 4) is 5.75 Å². The summed E-state index contributed by atoms with van der Waals surface area (Å²) in [4.78, 5) is 13.8. The SMILES string of the molecule is CCCn1nnc(NC(=S)NC(=O)c2cccc(O[C@@H](C)CC)c2)n1. The standard InChI is InChI=1S/C16H22N6O2S/c1-4-9-22-20-15(19-21-22)18-16(25)17-14(23)12-7-6-8-13(10-12)24-11(3)5-2/h6-8,10-11H,4-5,9H2,1-3H3,(H2,17,18,20,23,25)/t11-/m0/s1. The number of nitrogens with one attached hydrogen (secondary N) is 2. The Balaban J connectivity index is 1.94. The molecular formula is C16H22N6O2S. The molecule has 0 fully saturated rings. The summed E-state index contributed by atoms with van der Waals surface area (Å²) in [5.74, 6) is 0.547. The minimum Gasteiger partial charge on any atom is -0.491 e. The predicted molar refractivity (Wildman–Crippen MR) is 98.6 cm³/mol. The largest absolute Gasteiger partial charge is 0.491 e. The van der Waals surface area contributed by atoms with Crippen molar-refractivity contribution >= 4 is 29.2 Å². The lowest BCUT2D eigenvalue weighted by Crippen LogP contribution is -2.34. The van der Waals surface area contributed by atoms with Gasteiger partial charge in [-0.15, -0.1) is 5.10 Å². The second kappa shape index (κ2) is 9.07. The minimum atomic E-state index is -0.340. The minimum absolute atomic E-state index is 0.0814. The maximum absolute atomic E-state index is 12.3. The number of thiocarbonyl (C=S) groups is 1. The van der Waals surface area contributed by atoms with Crippen LogP contribution < -0.4 is 15.4 Å². The number of hydrogen-bond acceptors (Lipinski definition) is 6. The van der Waals surface area contributed by atoms with Crippen molar-refractivity contribution in [3.05, 3.63) is 29.8 Å². The molecule has 8 nitrogen and oxygen atoms in total. The number of aromatic nitrogens is 4. The first-order chi connectivity index (χ1) is 12.0. The number of ether oxygens (including phenoxy) is 1. The van der Waals surface area contributed by atoms with Gasteiger partial charge < -0.3 is 4.74 Å². The number of nitrogens with zero attached hydrogens (tertiary/aromatic N) is 4. The summed E-state index contributed by atoms with van der Waals surface area (Å²) >= 11 is 5.12. The Bertz CT molecular complexity index is 733. The maximum atomic E-state index is 12.3. The van der Waals surface area contributed by atoms with Crippen LogP contribution in [0.3, 0.4) is 0 Å². The summed E-state index contributed by atoms with van der Waals surface area (Å²) in [6.07, 6.45) is 1.86. The van der Waals surface area contributed by atoms with Crippen LogP contribution in [0.15, 0.2) is 24.3 Å². The topological polar surface area (TPSA) is 94.0 Å². The van der Waals surface area contributed by atoms with E-state index in [0.717, 1.165) is 12.8 Å². The van der Waals surface area contributed by atoms with Gasteiger partial charge in [-0.05, 0) is 55.4 Å². The van der Waals surface area contributed by atoms with Gasteiger partial charge in [-0.1, -0.05) is 25.0 Å². The zero-order valence-electron chi connectivity index (χ0n) is 14.5. The number of carbonyl (C=O) groups excluding carboxylic acids is 1. The number of benzene rings is 1. The molecule has 0 bridgehead atoms. The van der Waals surface area contributed by atoms with Crippen LogP contribution in [0.1, 0.15) is 44.0 Å². The van der Waals surface area contributed by atoms with Gasteiger partial charge in [0.15, 0.2) is 5.11 Å². The van der Waals surface area contributed by atoms with Gasteiger partial charge in [-0.25, -0.2) is 0 Å². The van der Waals surface area contributed by atoms with Gasteiger partial charge in [0.05, 0.1) is 12.6 Å². The third-order valence-electron chi connectivity index (χ3n) is 3.34. The molecule has 1 atom stereocenters. The molecule has 0 aliphatic heterocycles. The molecule has 9 heteroatoms. The van der Waals surface area contributed by atoms with Crippen molar-refractivity contribution in [2.75, 3.05) is 5.32 Å². The number of rotatable bonds is 7. The smallest absolute Gasteiger partial charge is 0.269 e. The van der Waals surface area contributed by atoms with Crippen LogP contribution in [0.2, 0.25) is 0 Å². The monoisotopic (exact) mass is 362 g/mol. The fourth-order valence-electron chi connectivity index (χ4n) is 1.92. The molecule has 2 aromatic rings. The molecule has 2 N–H and O–H groups in total. The Labute approximate surface area is 151 Å². The lowest BCUT2D eigenvalue weighted by molar-refractivity contribution is 0.0977. The highest BCUT2D eigenvalue weighted by Gasteiger charge is 2.11. The Morgan fingerprint density at radius 2 is 2.20 bits per heavy atom. The molecule has 2 rings (SSSR count). The molecule has 0 unspecified atom stereocenters. The Hall–Kier alpha value is -2.55. The quantitative estimate of drug-likeness (QED) is 0.730. The second-order valence-electron chi connectivity index (χ2n) is 5.48. The molecule has 0 aliphatic carbocycles. The van der Waals surface area contributed by atoms with Crippen LogP contribution in [-0.4, -0.2) is 37.3 Å². The molecular weight excluding hydrogens is 340 g/mol. The number of anilines is 1. The zero-order chi connectivity index (χ0) is 18.2. The third-order valence-corrected chi connectivity index (χ3v) is 3.54. The highest BCUT2D eigenvalue weighted by molar-refractivity contribution is 7.80. The second-order valence-corrected chi connectivity index (χ2v) is 5.89. The molecule has 1 amide bonds. The van der Waals surface area contributed by atoms with E-state index in [4.69, 9.17) is 17.0 Å². The number of amides is 1. The third kappa shape index (κ3) is 5.79. The average molecular weight is 362 g/mol. The van der Waals surface area contributed by atoms with E-state index < -0.39 is 0 Å².